The first kappa shape index (κ1) is 61.6. The van der Waals surface area contributed by atoms with Gasteiger partial charge in [-0.1, -0.05) is 63.6 Å². The Morgan fingerprint density at radius 1 is 0.855 bits per heavy atom. The number of nitrogens with zero attached hydrogens (tertiary/aromatic N) is 4. The molecule has 4 N–H and O–H groups in total. The highest BCUT2D eigenvalue weighted by Gasteiger charge is 2.48. The second-order valence-corrected chi connectivity index (χ2v) is 22.5. The van der Waals surface area contributed by atoms with Gasteiger partial charge >= 0.3 is 5.97 Å². The number of aromatic nitrogens is 1. The molecular formula is C58H92N4O14. The number of hydrogen-bond donors (Lipinski definition) is 4. The molecule has 0 radical (unpaired) electrons. The summed E-state index contributed by atoms with van der Waals surface area (Å²) in [5.41, 5.74) is 2.38. The number of ether oxygens (including phenoxy) is 8. The molecule has 1 aromatic heterocycles. The molecule has 3 fully saturated rings. The maximum Gasteiger partial charge on any atom is 0.308 e. The summed E-state index contributed by atoms with van der Waals surface area (Å²) in [5.74, 6) is -0.433. The van der Waals surface area contributed by atoms with Crippen LogP contribution in [0.2, 0.25) is 0 Å². The van der Waals surface area contributed by atoms with E-state index in [9.17, 15) is 25.2 Å². The summed E-state index contributed by atoms with van der Waals surface area (Å²) in [6.07, 6.45) is 0.0966. The molecular weight excluding hydrogens is 977 g/mol. The van der Waals surface area contributed by atoms with E-state index >= 15 is 0 Å². The Labute approximate surface area is 452 Å². The van der Waals surface area contributed by atoms with Crippen molar-refractivity contribution in [2.75, 3.05) is 67.8 Å². The van der Waals surface area contributed by atoms with E-state index in [1.165, 1.54) is 14.2 Å². The molecule has 5 heterocycles. The first-order valence-corrected chi connectivity index (χ1v) is 27.8. The zero-order valence-corrected chi connectivity index (χ0v) is 47.3. The minimum atomic E-state index is -1.24. The number of likely N-dealkylation sites (N-methyl/N-ethyl adjacent to an activating group) is 1. The van der Waals surface area contributed by atoms with Crippen molar-refractivity contribution >= 4 is 22.6 Å². The molecule has 4 aliphatic heterocycles. The number of fused-ring (bicyclic) bond motifs is 1. The lowest BCUT2D eigenvalue weighted by molar-refractivity contribution is -0.304. The van der Waals surface area contributed by atoms with Gasteiger partial charge in [0, 0.05) is 69.1 Å². The molecule has 19 atom stereocenters. The molecule has 4 unspecified atom stereocenters. The van der Waals surface area contributed by atoms with Crippen LogP contribution in [-0.2, 0) is 42.8 Å². The Bertz CT molecular complexity index is 2170. The first-order chi connectivity index (χ1) is 36.3. The summed E-state index contributed by atoms with van der Waals surface area (Å²) in [5, 5.41) is 52.1. The number of oxime groups is 1. The number of methoxy groups -OCH3 is 2. The van der Waals surface area contributed by atoms with Gasteiger partial charge in [0.15, 0.2) is 12.6 Å². The Balaban J connectivity index is 1.34. The molecule has 0 saturated carbocycles. The molecule has 2 aromatic rings. The van der Waals surface area contributed by atoms with E-state index in [0.29, 0.717) is 49.8 Å². The van der Waals surface area contributed by atoms with Crippen molar-refractivity contribution in [1.82, 2.24) is 14.8 Å². The van der Waals surface area contributed by atoms with Crippen LogP contribution in [0.1, 0.15) is 93.9 Å². The number of esters is 1. The number of aliphatic hydroxyl groups excluding tert-OH is 4. The van der Waals surface area contributed by atoms with Crippen molar-refractivity contribution in [2.24, 2.45) is 40.7 Å². The minimum Gasteiger partial charge on any atom is -0.493 e. The van der Waals surface area contributed by atoms with Crippen LogP contribution in [0.15, 0.2) is 65.5 Å². The predicted molar refractivity (Wildman–Crippen MR) is 289 cm³/mol. The lowest BCUT2D eigenvalue weighted by Crippen LogP contribution is -2.63. The molecule has 0 aliphatic carbocycles. The Hall–Kier alpha value is -3.63. The smallest absolute Gasteiger partial charge is 0.308 e. The molecule has 4 aliphatic rings. The number of carbonyl (C=O) groups is 1. The SMILES string of the molecule is CC[C@H]1OC(=O)C[C@@H](O)C(C)[C@@H](O[C@H]2O[C@@H](C)[C@H](O)[C@@H](N(C)C)[C@@H]2O)[C@@H](CCN2CC(C)CC(C)C2)C[C@@H](C)C(=N\OCCCOc2ccc3cccnc3c2)/C=C/C(C)=C/C1CO[C@H]1O[C@@H](C)[C@H](O)[C@H](OC)[C@@H]1OC. The van der Waals surface area contributed by atoms with Crippen LogP contribution in [0.3, 0.4) is 0 Å². The van der Waals surface area contributed by atoms with Crippen molar-refractivity contribution in [3.8, 4) is 5.75 Å². The Morgan fingerprint density at radius 3 is 2.26 bits per heavy atom. The van der Waals surface area contributed by atoms with Crippen LogP contribution in [0.25, 0.3) is 10.9 Å². The molecule has 0 amide bonds. The average molecular weight is 1070 g/mol. The highest BCUT2D eigenvalue weighted by molar-refractivity contribution is 5.96. The largest absolute Gasteiger partial charge is 0.493 e. The standard InChI is InChI=1S/C58H92N4O14/c1-13-48-43(33-71-58-56(69-12)55(68-11)52(66)40(8)74-58)27-34(2)17-20-45(60-72-25-15-24-70-44-19-18-41-16-14-22-59-46(41)29-44)37(5)28-42(21-23-62-31-35(3)26-36(4)32-62)54(38(6)47(63)30-49(64)75-48)76-57-53(67)50(61(9)10)51(65)39(7)73-57/h14,16-20,22,27,29,35-40,42-43,47-48,50-58,63,65-67H,13,15,21,23-26,28,30-33H2,1-12H3/b20-17+,34-27+,60-45-/t35?,36?,37-,38?,39+,40+,42+,43?,47-,48-,50-,51+,52+,53+,54-,55+,56+,57-,58+/m1/s1. The number of allylic oxidation sites excluding steroid dienone is 3. The van der Waals surface area contributed by atoms with Gasteiger partial charge in [0.05, 0.1) is 67.4 Å². The van der Waals surface area contributed by atoms with Gasteiger partial charge in [-0.2, -0.15) is 0 Å². The first-order valence-electron chi connectivity index (χ1n) is 27.8. The second-order valence-electron chi connectivity index (χ2n) is 22.5. The van der Waals surface area contributed by atoms with Crippen molar-refractivity contribution < 1.29 is 68.0 Å². The van der Waals surface area contributed by atoms with E-state index in [4.69, 9.17) is 47.9 Å². The van der Waals surface area contributed by atoms with E-state index in [1.807, 2.05) is 69.3 Å². The topological polar surface area (TPSA) is 213 Å². The third-order valence-corrected chi connectivity index (χ3v) is 15.9. The number of piperidine rings is 1. The summed E-state index contributed by atoms with van der Waals surface area (Å²) in [7, 11) is 6.61. The van der Waals surface area contributed by atoms with Gasteiger partial charge in [0.25, 0.3) is 0 Å². The molecule has 76 heavy (non-hydrogen) atoms. The number of rotatable bonds is 18. The number of pyridine rings is 1. The number of cyclic esters (lactones) is 1. The Kier molecular flexibility index (Phi) is 23.9. The number of likely N-dealkylation sites (tertiary alicyclic amines) is 1. The summed E-state index contributed by atoms with van der Waals surface area (Å²) in [4.78, 5) is 29.0. The van der Waals surface area contributed by atoms with Crippen LogP contribution in [0.5, 0.6) is 5.75 Å². The molecule has 18 nitrogen and oxygen atoms in total. The van der Waals surface area contributed by atoms with Gasteiger partial charge < -0.3 is 73.0 Å². The second kappa shape index (κ2) is 29.5. The number of benzene rings is 1. The van der Waals surface area contributed by atoms with Crippen LogP contribution < -0.4 is 4.74 Å². The maximum absolute atomic E-state index is 14.2. The molecule has 0 bridgehead atoms. The number of aliphatic hydroxyl groups is 4. The van der Waals surface area contributed by atoms with Gasteiger partial charge in [0.2, 0.25) is 0 Å². The van der Waals surface area contributed by atoms with Gasteiger partial charge in [-0.15, -0.1) is 0 Å². The minimum absolute atomic E-state index is 0.0505. The Morgan fingerprint density at radius 2 is 1.57 bits per heavy atom. The van der Waals surface area contributed by atoms with Crippen LogP contribution in [0.4, 0.5) is 0 Å². The van der Waals surface area contributed by atoms with Gasteiger partial charge in [-0.25, -0.2) is 0 Å². The zero-order valence-electron chi connectivity index (χ0n) is 47.3. The summed E-state index contributed by atoms with van der Waals surface area (Å²) in [6, 6.07) is 9.08. The lowest BCUT2D eigenvalue weighted by atomic mass is 9.79. The van der Waals surface area contributed by atoms with Crippen LogP contribution in [0, 0.1) is 35.5 Å². The quantitative estimate of drug-likeness (QED) is 0.0748. The van der Waals surface area contributed by atoms with Crippen LogP contribution in [-0.4, -0.2) is 194 Å². The third kappa shape index (κ3) is 16.7. The molecule has 0 spiro atoms. The van der Waals surface area contributed by atoms with Crippen molar-refractivity contribution in [3.63, 3.8) is 0 Å². The highest BCUT2D eigenvalue weighted by Crippen LogP contribution is 2.36. The lowest BCUT2D eigenvalue weighted by Gasteiger charge is -2.47. The van der Waals surface area contributed by atoms with Gasteiger partial charge in [-0.05, 0) is 109 Å². The van der Waals surface area contributed by atoms with Crippen molar-refractivity contribution in [2.45, 2.75) is 174 Å². The zero-order chi connectivity index (χ0) is 55.2. The summed E-state index contributed by atoms with van der Waals surface area (Å²) in [6.45, 7) is 19.4. The monoisotopic (exact) mass is 1070 g/mol. The normalized spacial score (nSPS) is 38.4. The maximum atomic E-state index is 14.2. The van der Waals surface area contributed by atoms with Gasteiger partial charge in [-0.3, -0.25) is 9.78 Å². The fourth-order valence-electron chi connectivity index (χ4n) is 11.7. The van der Waals surface area contributed by atoms with E-state index < -0.39 is 97.5 Å². The summed E-state index contributed by atoms with van der Waals surface area (Å²) < 4.78 is 49.6. The molecule has 3 saturated heterocycles. The van der Waals surface area contributed by atoms with E-state index in [2.05, 4.69) is 30.7 Å². The number of hydrogen-bond acceptors (Lipinski definition) is 18. The molecule has 428 valence electrons. The van der Waals surface area contributed by atoms with Gasteiger partial charge in [0.1, 0.15) is 42.9 Å². The average Bonchev–Trinajstić information content (AvgIpc) is 3.38. The predicted octanol–water partition coefficient (Wildman–Crippen LogP) is 6.16. The van der Waals surface area contributed by atoms with Crippen molar-refractivity contribution in [3.05, 3.63) is 60.3 Å². The molecule has 6 rings (SSSR count). The summed E-state index contributed by atoms with van der Waals surface area (Å²) >= 11 is 0. The fourth-order valence-corrected chi connectivity index (χ4v) is 11.7. The van der Waals surface area contributed by atoms with E-state index in [0.717, 1.165) is 48.3 Å². The number of carbonyl (C=O) groups excluding carboxylic acids is 1. The fraction of sp³-hybridized carbons (Fsp3) is 0.741. The van der Waals surface area contributed by atoms with Crippen LogP contribution >= 0.6 is 0 Å². The molecule has 18 heteroatoms. The highest BCUT2D eigenvalue weighted by atomic mass is 16.7. The van der Waals surface area contributed by atoms with Crippen molar-refractivity contribution in [1.29, 1.82) is 0 Å². The third-order valence-electron chi connectivity index (χ3n) is 15.9. The van der Waals surface area contributed by atoms with E-state index in [-0.39, 0.29) is 31.5 Å². The van der Waals surface area contributed by atoms with E-state index in [1.54, 1.807) is 39.0 Å². The molecule has 1 aromatic carbocycles.